The minimum atomic E-state index is -0.377. The van der Waals surface area contributed by atoms with Crippen LogP contribution in [0.4, 0.5) is 5.69 Å². The van der Waals surface area contributed by atoms with E-state index in [4.69, 9.17) is 15.2 Å². The fourth-order valence-corrected chi connectivity index (χ4v) is 1.98. The minimum absolute atomic E-state index is 0. The molecule has 0 unspecified atom stereocenters. The Balaban J connectivity index is 0.00000288. The van der Waals surface area contributed by atoms with E-state index in [1.54, 1.807) is 25.3 Å². The lowest BCUT2D eigenvalue weighted by molar-refractivity contribution is 0.0600. The molecule has 2 rings (SSSR count). The smallest absolute Gasteiger partial charge is 0.337 e. The van der Waals surface area contributed by atoms with Gasteiger partial charge in [-0.2, -0.15) is 0 Å². The van der Waals surface area contributed by atoms with Crippen molar-refractivity contribution in [3.63, 3.8) is 0 Å². The Morgan fingerprint density at radius 3 is 2.62 bits per heavy atom. The molecule has 2 aromatic carbocycles. The Kier molecular flexibility index (Phi) is 8.03. The van der Waals surface area contributed by atoms with E-state index < -0.39 is 0 Å². The average Bonchev–Trinajstić information content (AvgIpc) is 2.59. The van der Waals surface area contributed by atoms with Gasteiger partial charge in [0.05, 0.1) is 26.3 Å². The molecule has 0 fully saturated rings. The summed E-state index contributed by atoms with van der Waals surface area (Å²) in [4.78, 5) is 15.8. The van der Waals surface area contributed by atoms with Gasteiger partial charge >= 0.3 is 5.97 Å². The predicted octanol–water partition coefficient (Wildman–Crippen LogP) is 3.03. The standard InChI is InChI=1S/C17H19N3O3.HI/c1-22-15-8-4-7-14(10-15)20-17(18)19-11-12-5-3-6-13(9-12)16(21)23-2;/h3-10H,11H2,1-2H3,(H3,18,19,20);1H. The second kappa shape index (κ2) is 9.76. The number of methoxy groups -OCH3 is 2. The first-order valence-electron chi connectivity index (χ1n) is 7.00. The number of anilines is 1. The molecule has 7 heteroatoms. The van der Waals surface area contributed by atoms with Crippen LogP contribution < -0.4 is 15.8 Å². The van der Waals surface area contributed by atoms with Gasteiger partial charge in [-0.3, -0.25) is 0 Å². The van der Waals surface area contributed by atoms with Gasteiger partial charge in [0.25, 0.3) is 0 Å². The van der Waals surface area contributed by atoms with Crippen LogP contribution in [0.5, 0.6) is 5.75 Å². The van der Waals surface area contributed by atoms with E-state index in [0.717, 1.165) is 17.0 Å². The van der Waals surface area contributed by atoms with Crippen LogP contribution in [0.15, 0.2) is 53.5 Å². The molecule has 0 spiro atoms. The van der Waals surface area contributed by atoms with Crippen molar-refractivity contribution in [3.8, 4) is 5.75 Å². The third-order valence-corrected chi connectivity index (χ3v) is 3.12. The lowest BCUT2D eigenvalue weighted by Gasteiger charge is -2.07. The lowest BCUT2D eigenvalue weighted by atomic mass is 10.1. The summed E-state index contributed by atoms with van der Waals surface area (Å²) >= 11 is 0. The second-order valence-electron chi connectivity index (χ2n) is 4.75. The summed E-state index contributed by atoms with van der Waals surface area (Å²) < 4.78 is 9.84. The van der Waals surface area contributed by atoms with Crippen LogP contribution in [0.25, 0.3) is 0 Å². The molecule has 6 nitrogen and oxygen atoms in total. The highest BCUT2D eigenvalue weighted by molar-refractivity contribution is 14.0. The predicted molar refractivity (Wildman–Crippen MR) is 105 cm³/mol. The number of aliphatic imine (C=N–C) groups is 1. The molecule has 128 valence electrons. The monoisotopic (exact) mass is 441 g/mol. The number of hydrogen-bond donors (Lipinski definition) is 2. The molecule has 0 aliphatic carbocycles. The highest BCUT2D eigenvalue weighted by atomic mass is 127. The number of nitrogens with one attached hydrogen (secondary N) is 1. The van der Waals surface area contributed by atoms with Crippen molar-refractivity contribution < 1.29 is 14.3 Å². The van der Waals surface area contributed by atoms with E-state index in [2.05, 4.69) is 10.3 Å². The summed E-state index contributed by atoms with van der Waals surface area (Å²) in [6.07, 6.45) is 0. The number of nitrogens with two attached hydrogens (primary N) is 1. The molecule has 2 aromatic rings. The topological polar surface area (TPSA) is 85.9 Å². The fourth-order valence-electron chi connectivity index (χ4n) is 1.98. The Morgan fingerprint density at radius 1 is 1.17 bits per heavy atom. The molecule has 0 heterocycles. The maximum absolute atomic E-state index is 11.5. The number of carbonyl (C=O) groups excluding carboxylic acids is 1. The number of benzene rings is 2. The van der Waals surface area contributed by atoms with Gasteiger partial charge in [-0.1, -0.05) is 18.2 Å². The molecule has 3 N–H and O–H groups in total. The summed E-state index contributed by atoms with van der Waals surface area (Å²) in [5.41, 5.74) is 8.01. The summed E-state index contributed by atoms with van der Waals surface area (Å²) in [5, 5.41) is 2.99. The summed E-state index contributed by atoms with van der Waals surface area (Å²) in [5.74, 6) is 0.633. The molecule has 0 atom stereocenters. The minimum Gasteiger partial charge on any atom is -0.497 e. The number of guanidine groups is 1. The lowest BCUT2D eigenvalue weighted by Crippen LogP contribution is -2.22. The van der Waals surface area contributed by atoms with Crippen LogP contribution in [-0.2, 0) is 11.3 Å². The Hall–Kier alpha value is -2.29. The fraction of sp³-hybridized carbons (Fsp3) is 0.176. The molecule has 0 amide bonds. The van der Waals surface area contributed by atoms with E-state index in [1.807, 2.05) is 30.3 Å². The van der Waals surface area contributed by atoms with Gasteiger partial charge in [0.1, 0.15) is 5.75 Å². The average molecular weight is 441 g/mol. The number of nitrogens with zero attached hydrogens (tertiary/aromatic N) is 1. The van der Waals surface area contributed by atoms with Crippen molar-refractivity contribution >= 4 is 41.6 Å². The van der Waals surface area contributed by atoms with Crippen molar-refractivity contribution in [2.24, 2.45) is 10.7 Å². The molecule has 0 bridgehead atoms. The van der Waals surface area contributed by atoms with Crippen molar-refractivity contribution in [1.82, 2.24) is 0 Å². The van der Waals surface area contributed by atoms with Crippen LogP contribution in [0.2, 0.25) is 0 Å². The zero-order valence-corrected chi connectivity index (χ0v) is 15.8. The Morgan fingerprint density at radius 2 is 1.92 bits per heavy atom. The molecule has 0 aromatic heterocycles. The second-order valence-corrected chi connectivity index (χ2v) is 4.75. The Bertz CT molecular complexity index is 720. The number of halogens is 1. The van der Waals surface area contributed by atoms with Gasteiger partial charge in [-0.15, -0.1) is 24.0 Å². The maximum atomic E-state index is 11.5. The van der Waals surface area contributed by atoms with E-state index in [9.17, 15) is 4.79 Å². The summed E-state index contributed by atoms with van der Waals surface area (Å²) in [6.45, 7) is 0.355. The zero-order chi connectivity index (χ0) is 16.7. The number of ether oxygens (including phenoxy) is 2. The van der Waals surface area contributed by atoms with Crippen LogP contribution >= 0.6 is 24.0 Å². The highest BCUT2D eigenvalue weighted by Crippen LogP contribution is 2.16. The SMILES string of the molecule is COC(=O)c1cccc(CN=C(N)Nc2cccc(OC)c2)c1.I. The summed E-state index contributed by atoms with van der Waals surface area (Å²) in [7, 11) is 2.95. The molecule has 0 radical (unpaired) electrons. The van der Waals surface area contributed by atoms with E-state index >= 15 is 0 Å². The van der Waals surface area contributed by atoms with Crippen molar-refractivity contribution in [3.05, 3.63) is 59.7 Å². The molecular formula is C17H20IN3O3. The van der Waals surface area contributed by atoms with Gasteiger partial charge in [-0.25, -0.2) is 9.79 Å². The van der Waals surface area contributed by atoms with Gasteiger partial charge in [0.2, 0.25) is 0 Å². The first-order valence-corrected chi connectivity index (χ1v) is 7.00. The van der Waals surface area contributed by atoms with Crippen LogP contribution in [0.3, 0.4) is 0 Å². The first kappa shape index (κ1) is 19.8. The van der Waals surface area contributed by atoms with E-state index in [-0.39, 0.29) is 35.9 Å². The van der Waals surface area contributed by atoms with Gasteiger partial charge in [-0.05, 0) is 29.8 Å². The molecule has 0 saturated carbocycles. The third-order valence-electron chi connectivity index (χ3n) is 3.12. The number of carbonyl (C=O) groups is 1. The maximum Gasteiger partial charge on any atom is 0.337 e. The normalized spacial score (nSPS) is 10.5. The van der Waals surface area contributed by atoms with Crippen molar-refractivity contribution in [2.75, 3.05) is 19.5 Å². The van der Waals surface area contributed by atoms with Gasteiger partial charge in [0, 0.05) is 11.8 Å². The van der Waals surface area contributed by atoms with Crippen LogP contribution in [0, 0.1) is 0 Å². The quantitative estimate of drug-likeness (QED) is 0.323. The molecule has 0 aliphatic rings. The Labute approximate surface area is 158 Å². The number of esters is 1. The van der Waals surface area contributed by atoms with Gasteiger partial charge in [0.15, 0.2) is 5.96 Å². The van der Waals surface area contributed by atoms with Crippen LogP contribution in [0.1, 0.15) is 15.9 Å². The molecular weight excluding hydrogens is 421 g/mol. The highest BCUT2D eigenvalue weighted by Gasteiger charge is 2.05. The van der Waals surface area contributed by atoms with E-state index in [1.165, 1.54) is 7.11 Å². The molecule has 0 saturated heterocycles. The first-order chi connectivity index (χ1) is 11.1. The summed E-state index contributed by atoms with van der Waals surface area (Å²) in [6, 6.07) is 14.5. The number of hydrogen-bond acceptors (Lipinski definition) is 4. The largest absolute Gasteiger partial charge is 0.497 e. The van der Waals surface area contributed by atoms with Crippen molar-refractivity contribution in [1.29, 1.82) is 0 Å². The van der Waals surface area contributed by atoms with E-state index in [0.29, 0.717) is 12.1 Å². The zero-order valence-electron chi connectivity index (χ0n) is 13.5. The van der Waals surface area contributed by atoms with Crippen LogP contribution in [-0.4, -0.2) is 26.1 Å². The molecule has 24 heavy (non-hydrogen) atoms. The molecule has 0 aliphatic heterocycles. The van der Waals surface area contributed by atoms with Gasteiger partial charge < -0.3 is 20.5 Å². The number of rotatable bonds is 5. The third kappa shape index (κ3) is 5.73. The van der Waals surface area contributed by atoms with Crippen molar-refractivity contribution in [2.45, 2.75) is 6.54 Å².